The molecule has 0 saturated carbocycles. The lowest BCUT2D eigenvalue weighted by Gasteiger charge is -2.38. The van der Waals surface area contributed by atoms with Gasteiger partial charge in [-0.1, -0.05) is 26.0 Å². The monoisotopic (exact) mass is 457 g/mol. The van der Waals surface area contributed by atoms with Gasteiger partial charge in [-0.3, -0.25) is 9.78 Å². The predicted molar refractivity (Wildman–Crippen MR) is 131 cm³/mol. The Balaban J connectivity index is 1.58. The number of pyridine rings is 1. The van der Waals surface area contributed by atoms with Gasteiger partial charge in [-0.25, -0.2) is 14.6 Å². The molecule has 0 atom stereocenters. The van der Waals surface area contributed by atoms with Crippen LogP contribution in [0.4, 0.5) is 11.6 Å². The van der Waals surface area contributed by atoms with E-state index < -0.39 is 0 Å². The van der Waals surface area contributed by atoms with Gasteiger partial charge in [0.1, 0.15) is 11.2 Å². The predicted octanol–water partition coefficient (Wildman–Crippen LogP) is 2.71. The van der Waals surface area contributed by atoms with Crippen molar-refractivity contribution in [2.75, 3.05) is 25.5 Å². The first-order valence-corrected chi connectivity index (χ1v) is 11.2. The van der Waals surface area contributed by atoms with Gasteiger partial charge in [0, 0.05) is 36.6 Å². The molecule has 4 heterocycles. The zero-order valence-electron chi connectivity index (χ0n) is 19.5. The number of rotatable bonds is 5. The van der Waals surface area contributed by atoms with Crippen molar-refractivity contribution in [3.63, 3.8) is 0 Å². The molecular formula is C25H27N7O2. The maximum atomic E-state index is 12.9. The molecule has 1 aliphatic rings. The van der Waals surface area contributed by atoms with Gasteiger partial charge < -0.3 is 15.3 Å². The Morgan fingerprint density at radius 1 is 1.18 bits per heavy atom. The van der Waals surface area contributed by atoms with Crippen molar-refractivity contribution in [1.29, 1.82) is 0 Å². The van der Waals surface area contributed by atoms with E-state index in [0.29, 0.717) is 28.2 Å². The quantitative estimate of drug-likeness (QED) is 0.471. The number of anilines is 2. The lowest BCUT2D eigenvalue weighted by molar-refractivity contribution is 0.236. The number of aliphatic hydroxyl groups is 1. The van der Waals surface area contributed by atoms with Crippen LogP contribution in [0.2, 0.25) is 0 Å². The number of likely N-dealkylation sites (N-methyl/N-ethyl adjacent to an activating group) is 1. The van der Waals surface area contributed by atoms with Gasteiger partial charge in [-0.05, 0) is 42.4 Å². The molecule has 2 N–H and O–H groups in total. The second-order valence-corrected chi connectivity index (χ2v) is 9.32. The van der Waals surface area contributed by atoms with Gasteiger partial charge in [0.25, 0.3) is 5.56 Å². The first-order chi connectivity index (χ1) is 16.4. The molecule has 9 nitrogen and oxygen atoms in total. The number of aliphatic hydroxyl groups excluding tert-OH is 1. The molecule has 3 aromatic heterocycles. The Kier molecular flexibility index (Phi) is 5.59. The third kappa shape index (κ3) is 4.04. The normalized spacial score (nSPS) is 15.3. The molecule has 0 aliphatic carbocycles. The number of aromatic nitrogens is 5. The smallest absolute Gasteiger partial charge is 0.277 e. The van der Waals surface area contributed by atoms with Crippen molar-refractivity contribution < 1.29 is 5.11 Å². The molecule has 0 bridgehead atoms. The van der Waals surface area contributed by atoms with Gasteiger partial charge in [0.15, 0.2) is 0 Å². The standard InChI is InChI=1S/C25H27N7O2/c1-25(2)15-31(3)14-16-12-17(7-8-19(16)25)28-24-27-13-18-21(29-24)22(20-6-4-5-9-26-20)30-32(10-11-33)23(18)34/h4-9,12-13,33H,10-11,14-15H2,1-3H3,(H,27,28,29). The van der Waals surface area contributed by atoms with Crippen LogP contribution in [0.3, 0.4) is 0 Å². The number of hydrogen-bond donors (Lipinski definition) is 2. The van der Waals surface area contributed by atoms with E-state index in [-0.39, 0.29) is 24.1 Å². The van der Waals surface area contributed by atoms with Crippen LogP contribution >= 0.6 is 0 Å². The Bertz CT molecular complexity index is 1420. The molecule has 0 unspecified atom stereocenters. The summed E-state index contributed by atoms with van der Waals surface area (Å²) < 4.78 is 1.23. The summed E-state index contributed by atoms with van der Waals surface area (Å²) in [6.45, 7) is 6.29. The van der Waals surface area contributed by atoms with Crippen molar-refractivity contribution >= 4 is 22.5 Å². The number of benzene rings is 1. The van der Waals surface area contributed by atoms with Crippen LogP contribution in [0.5, 0.6) is 0 Å². The lowest BCUT2D eigenvalue weighted by atomic mass is 9.78. The van der Waals surface area contributed by atoms with Crippen molar-refractivity contribution in [1.82, 2.24) is 29.6 Å². The van der Waals surface area contributed by atoms with E-state index in [9.17, 15) is 9.90 Å². The van der Waals surface area contributed by atoms with Crippen LogP contribution < -0.4 is 10.9 Å². The number of nitrogens with zero attached hydrogens (tertiary/aromatic N) is 6. The average Bonchev–Trinajstić information content (AvgIpc) is 2.80. The Morgan fingerprint density at radius 3 is 2.79 bits per heavy atom. The molecule has 0 spiro atoms. The highest BCUT2D eigenvalue weighted by atomic mass is 16.3. The number of fused-ring (bicyclic) bond motifs is 2. The fraction of sp³-hybridized carbons (Fsp3) is 0.320. The van der Waals surface area contributed by atoms with Crippen molar-refractivity contribution in [3.8, 4) is 11.4 Å². The maximum absolute atomic E-state index is 12.9. The second-order valence-electron chi connectivity index (χ2n) is 9.32. The summed E-state index contributed by atoms with van der Waals surface area (Å²) in [5.41, 5.74) is 4.69. The third-order valence-electron chi connectivity index (χ3n) is 6.11. The van der Waals surface area contributed by atoms with Crippen LogP contribution in [0.1, 0.15) is 25.0 Å². The summed E-state index contributed by atoms with van der Waals surface area (Å²) in [5, 5.41) is 17.4. The highest BCUT2D eigenvalue weighted by Gasteiger charge is 2.30. The number of nitrogens with one attached hydrogen (secondary N) is 1. The molecule has 34 heavy (non-hydrogen) atoms. The van der Waals surface area contributed by atoms with E-state index in [1.54, 1.807) is 6.20 Å². The topological polar surface area (TPSA) is 109 Å². The van der Waals surface area contributed by atoms with E-state index in [0.717, 1.165) is 18.8 Å². The van der Waals surface area contributed by atoms with Crippen LogP contribution in [0.15, 0.2) is 53.6 Å². The van der Waals surface area contributed by atoms with Gasteiger partial charge in [-0.2, -0.15) is 5.10 Å². The molecule has 5 rings (SSSR count). The van der Waals surface area contributed by atoms with Crippen molar-refractivity contribution in [2.24, 2.45) is 0 Å². The van der Waals surface area contributed by atoms with Crippen LogP contribution in [-0.4, -0.2) is 54.9 Å². The Hall–Kier alpha value is -3.69. The van der Waals surface area contributed by atoms with Crippen LogP contribution in [0, 0.1) is 0 Å². The minimum absolute atomic E-state index is 0.0779. The summed E-state index contributed by atoms with van der Waals surface area (Å²) in [4.78, 5) is 28.6. The van der Waals surface area contributed by atoms with Gasteiger partial charge in [0.05, 0.1) is 24.2 Å². The first kappa shape index (κ1) is 22.1. The van der Waals surface area contributed by atoms with E-state index in [1.165, 1.54) is 22.0 Å². The molecule has 1 aromatic carbocycles. The summed E-state index contributed by atoms with van der Waals surface area (Å²) in [5.74, 6) is 0.370. The fourth-order valence-electron chi connectivity index (χ4n) is 4.75. The third-order valence-corrected chi connectivity index (χ3v) is 6.11. The summed E-state index contributed by atoms with van der Waals surface area (Å²) in [7, 11) is 2.13. The molecule has 4 aromatic rings. The van der Waals surface area contributed by atoms with Gasteiger partial charge in [-0.15, -0.1) is 0 Å². The maximum Gasteiger partial charge on any atom is 0.277 e. The van der Waals surface area contributed by atoms with E-state index in [4.69, 9.17) is 0 Å². The van der Waals surface area contributed by atoms with Crippen molar-refractivity contribution in [2.45, 2.75) is 32.4 Å². The summed E-state index contributed by atoms with van der Waals surface area (Å²) >= 11 is 0. The second kappa shape index (κ2) is 8.58. The zero-order chi connectivity index (χ0) is 23.9. The first-order valence-electron chi connectivity index (χ1n) is 11.2. The molecule has 0 radical (unpaired) electrons. The van der Waals surface area contributed by atoms with Crippen molar-refractivity contribution in [3.05, 3.63) is 70.3 Å². The minimum atomic E-state index is -0.352. The van der Waals surface area contributed by atoms with E-state index >= 15 is 0 Å². The molecule has 0 saturated heterocycles. The SMILES string of the molecule is CN1Cc2cc(Nc3ncc4c(=O)n(CCO)nc(-c5ccccn5)c4n3)ccc2C(C)(C)C1. The lowest BCUT2D eigenvalue weighted by Crippen LogP contribution is -2.39. The zero-order valence-corrected chi connectivity index (χ0v) is 19.5. The minimum Gasteiger partial charge on any atom is -0.394 e. The van der Waals surface area contributed by atoms with E-state index in [2.05, 4.69) is 63.3 Å². The molecule has 174 valence electrons. The fourth-order valence-corrected chi connectivity index (χ4v) is 4.75. The van der Waals surface area contributed by atoms with E-state index in [1.807, 2.05) is 24.3 Å². The van der Waals surface area contributed by atoms with Gasteiger partial charge in [0.2, 0.25) is 5.95 Å². The van der Waals surface area contributed by atoms with Crippen LogP contribution in [0.25, 0.3) is 22.3 Å². The molecule has 9 heteroatoms. The molecule has 0 fully saturated rings. The number of hydrogen-bond acceptors (Lipinski definition) is 8. The highest BCUT2D eigenvalue weighted by molar-refractivity contribution is 5.89. The summed E-state index contributed by atoms with van der Waals surface area (Å²) in [6.07, 6.45) is 3.17. The van der Waals surface area contributed by atoms with Gasteiger partial charge >= 0.3 is 0 Å². The molecule has 0 amide bonds. The Morgan fingerprint density at radius 2 is 2.03 bits per heavy atom. The largest absolute Gasteiger partial charge is 0.394 e. The summed E-state index contributed by atoms with van der Waals surface area (Å²) in [6, 6.07) is 11.8. The molecule has 1 aliphatic heterocycles. The van der Waals surface area contributed by atoms with Crippen LogP contribution in [-0.2, 0) is 18.5 Å². The Labute approximate surface area is 197 Å². The average molecular weight is 458 g/mol. The molecular weight excluding hydrogens is 430 g/mol. The highest BCUT2D eigenvalue weighted by Crippen LogP contribution is 2.34.